The third-order valence-electron chi connectivity index (χ3n) is 7.60. The minimum absolute atomic E-state index is 0.0879. The molecule has 0 fully saturated rings. The first-order chi connectivity index (χ1) is 19.6. The molecule has 0 saturated heterocycles. The smallest absolute Gasteiger partial charge is 0.261 e. The molecular formula is C30H29BrClN7O2. The Morgan fingerprint density at radius 1 is 1.17 bits per heavy atom. The van der Waals surface area contributed by atoms with Gasteiger partial charge in [-0.1, -0.05) is 25.4 Å². The third kappa shape index (κ3) is 4.78. The van der Waals surface area contributed by atoms with Crippen molar-refractivity contribution in [2.45, 2.75) is 46.2 Å². The molecule has 5 aromatic rings. The van der Waals surface area contributed by atoms with Crippen molar-refractivity contribution in [1.29, 1.82) is 0 Å². The fraction of sp³-hybridized carbons (Fsp3) is 0.300. The van der Waals surface area contributed by atoms with Crippen molar-refractivity contribution in [1.82, 2.24) is 33.8 Å². The van der Waals surface area contributed by atoms with Crippen LogP contribution in [0.3, 0.4) is 0 Å². The van der Waals surface area contributed by atoms with Crippen LogP contribution in [-0.4, -0.2) is 45.8 Å². The fourth-order valence-corrected chi connectivity index (χ4v) is 6.01. The van der Waals surface area contributed by atoms with Crippen LogP contribution in [-0.2, 0) is 26.4 Å². The van der Waals surface area contributed by atoms with E-state index in [1.54, 1.807) is 34.0 Å². The SMILES string of the molecule is CC(C)Cc1cnn2c3c(c(=O)n(-c4ccc(-c5nncn5C)cc4)c12)CC(C)N(C(=O)c1ccc(Br)c(Cl)c1)C3. The van der Waals surface area contributed by atoms with E-state index in [1.165, 1.54) is 0 Å². The molecule has 1 unspecified atom stereocenters. The molecule has 1 aliphatic rings. The molecular weight excluding hydrogens is 606 g/mol. The van der Waals surface area contributed by atoms with Gasteiger partial charge in [0.2, 0.25) is 0 Å². The monoisotopic (exact) mass is 633 g/mol. The Bertz CT molecular complexity index is 1860. The topological polar surface area (TPSA) is 90.3 Å². The highest BCUT2D eigenvalue weighted by Crippen LogP contribution is 2.29. The zero-order valence-corrected chi connectivity index (χ0v) is 25.5. The Labute approximate surface area is 250 Å². The molecule has 9 nitrogen and oxygen atoms in total. The van der Waals surface area contributed by atoms with E-state index in [1.807, 2.05) is 53.5 Å². The van der Waals surface area contributed by atoms with Gasteiger partial charge in [-0.05, 0) is 84.1 Å². The van der Waals surface area contributed by atoms with Gasteiger partial charge < -0.3 is 9.47 Å². The van der Waals surface area contributed by atoms with Gasteiger partial charge in [-0.2, -0.15) is 5.10 Å². The number of carbonyl (C=O) groups is 1. The van der Waals surface area contributed by atoms with Gasteiger partial charge in [-0.15, -0.1) is 10.2 Å². The molecule has 6 rings (SSSR count). The molecule has 41 heavy (non-hydrogen) atoms. The summed E-state index contributed by atoms with van der Waals surface area (Å²) < 4.78 is 6.20. The van der Waals surface area contributed by atoms with Crippen LogP contribution in [0.2, 0.25) is 5.02 Å². The fourth-order valence-electron chi connectivity index (χ4n) is 5.58. The van der Waals surface area contributed by atoms with E-state index in [0.717, 1.165) is 44.9 Å². The number of hydrogen-bond acceptors (Lipinski definition) is 5. The van der Waals surface area contributed by atoms with Crippen LogP contribution >= 0.6 is 27.5 Å². The van der Waals surface area contributed by atoms with E-state index in [-0.39, 0.29) is 24.1 Å². The molecule has 1 amide bonds. The van der Waals surface area contributed by atoms with Crippen LogP contribution in [0.15, 0.2) is 64.3 Å². The Morgan fingerprint density at radius 3 is 2.59 bits per heavy atom. The lowest BCUT2D eigenvalue weighted by molar-refractivity contribution is 0.0651. The molecule has 0 N–H and O–H groups in total. The standard InChI is InChI=1S/C30H29BrClN7O2/c1-17(2)11-21-14-34-39-26-15-37(29(40)20-7-10-24(31)25(32)13-20)18(3)12-23(26)30(41)38(28(21)39)22-8-5-19(6-9-22)27-35-33-16-36(27)4/h5-10,13-14,16-18H,11-12,15H2,1-4H3. The summed E-state index contributed by atoms with van der Waals surface area (Å²) in [7, 11) is 1.89. The highest BCUT2D eigenvalue weighted by atomic mass is 79.9. The summed E-state index contributed by atoms with van der Waals surface area (Å²) in [6.07, 6.45) is 4.68. The summed E-state index contributed by atoms with van der Waals surface area (Å²) in [6, 6.07) is 12.8. The van der Waals surface area contributed by atoms with Crippen molar-refractivity contribution in [3.05, 3.63) is 97.2 Å². The number of halogens is 2. The minimum atomic E-state index is -0.194. The lowest BCUT2D eigenvalue weighted by Gasteiger charge is -2.35. The first kappa shape index (κ1) is 27.4. The van der Waals surface area contributed by atoms with Gasteiger partial charge in [-0.25, -0.2) is 4.52 Å². The maximum atomic E-state index is 14.3. The van der Waals surface area contributed by atoms with Crippen LogP contribution in [0, 0.1) is 5.92 Å². The number of aromatic nitrogens is 6. The van der Waals surface area contributed by atoms with Gasteiger partial charge in [0.1, 0.15) is 12.0 Å². The molecule has 0 bridgehead atoms. The maximum Gasteiger partial charge on any atom is 0.261 e. The second-order valence-electron chi connectivity index (χ2n) is 11.0. The zero-order valence-electron chi connectivity index (χ0n) is 23.2. The Hall–Kier alpha value is -3.76. The second kappa shape index (κ2) is 10.6. The quantitative estimate of drug-likeness (QED) is 0.255. The maximum absolute atomic E-state index is 14.3. The lowest BCUT2D eigenvalue weighted by atomic mass is 9.98. The summed E-state index contributed by atoms with van der Waals surface area (Å²) in [5.74, 6) is 0.972. The van der Waals surface area contributed by atoms with E-state index in [4.69, 9.17) is 16.7 Å². The summed E-state index contributed by atoms with van der Waals surface area (Å²) in [4.78, 5) is 29.7. The number of benzene rings is 2. The average Bonchev–Trinajstić information content (AvgIpc) is 3.56. The highest BCUT2D eigenvalue weighted by Gasteiger charge is 2.33. The van der Waals surface area contributed by atoms with Gasteiger partial charge in [0, 0.05) is 39.8 Å². The molecule has 2 aromatic carbocycles. The Balaban J connectivity index is 1.49. The second-order valence-corrected chi connectivity index (χ2v) is 12.3. The number of nitrogens with zero attached hydrogens (tertiary/aromatic N) is 7. The molecule has 4 heterocycles. The normalized spacial score (nSPS) is 15.1. The van der Waals surface area contributed by atoms with Crippen molar-refractivity contribution in [3.63, 3.8) is 0 Å². The summed E-state index contributed by atoms with van der Waals surface area (Å²) in [5, 5.41) is 13.4. The number of carbonyl (C=O) groups excluding carboxylic acids is 1. The molecule has 0 aliphatic carbocycles. The predicted molar refractivity (Wildman–Crippen MR) is 162 cm³/mol. The molecule has 11 heteroatoms. The molecule has 0 radical (unpaired) electrons. The largest absolute Gasteiger partial charge is 0.330 e. The zero-order chi connectivity index (χ0) is 29.0. The molecule has 210 valence electrons. The van der Waals surface area contributed by atoms with Crippen LogP contribution in [0.25, 0.3) is 22.7 Å². The van der Waals surface area contributed by atoms with Gasteiger partial charge >= 0.3 is 0 Å². The van der Waals surface area contributed by atoms with Gasteiger partial charge in [-0.3, -0.25) is 14.2 Å². The van der Waals surface area contributed by atoms with E-state index in [0.29, 0.717) is 28.5 Å². The van der Waals surface area contributed by atoms with Crippen molar-refractivity contribution < 1.29 is 4.79 Å². The molecule has 0 saturated carbocycles. The molecule has 3 aromatic heterocycles. The van der Waals surface area contributed by atoms with Crippen molar-refractivity contribution in [2.24, 2.45) is 13.0 Å². The van der Waals surface area contributed by atoms with E-state index in [2.05, 4.69) is 40.0 Å². The first-order valence-corrected chi connectivity index (χ1v) is 14.6. The summed E-state index contributed by atoms with van der Waals surface area (Å²) >= 11 is 9.69. The molecule has 1 aliphatic heterocycles. The highest BCUT2D eigenvalue weighted by molar-refractivity contribution is 9.10. The summed E-state index contributed by atoms with van der Waals surface area (Å²) in [5.41, 5.74) is 5.17. The van der Waals surface area contributed by atoms with Crippen LogP contribution < -0.4 is 5.56 Å². The Morgan fingerprint density at radius 2 is 1.93 bits per heavy atom. The third-order valence-corrected chi connectivity index (χ3v) is 8.83. The number of rotatable bonds is 5. The van der Waals surface area contributed by atoms with E-state index >= 15 is 0 Å². The first-order valence-electron chi connectivity index (χ1n) is 13.5. The van der Waals surface area contributed by atoms with Crippen molar-refractivity contribution >= 4 is 39.1 Å². The van der Waals surface area contributed by atoms with Crippen molar-refractivity contribution in [2.75, 3.05) is 0 Å². The number of aryl methyl sites for hydroxylation is 1. The summed E-state index contributed by atoms with van der Waals surface area (Å²) in [6.45, 7) is 6.53. The number of amides is 1. The van der Waals surface area contributed by atoms with E-state index in [9.17, 15) is 9.59 Å². The Kier molecular flexibility index (Phi) is 7.07. The predicted octanol–water partition coefficient (Wildman–Crippen LogP) is 5.48. The van der Waals surface area contributed by atoms with E-state index < -0.39 is 0 Å². The van der Waals surface area contributed by atoms with Gasteiger partial charge in [0.25, 0.3) is 11.5 Å². The number of hydrogen-bond donors (Lipinski definition) is 0. The molecule has 1 atom stereocenters. The van der Waals surface area contributed by atoms with Gasteiger partial charge in [0.05, 0.1) is 29.1 Å². The average molecular weight is 635 g/mol. The van der Waals surface area contributed by atoms with Crippen LogP contribution in [0.4, 0.5) is 0 Å². The van der Waals surface area contributed by atoms with Crippen LogP contribution in [0.1, 0.15) is 48.0 Å². The minimum Gasteiger partial charge on any atom is -0.330 e. The lowest BCUT2D eigenvalue weighted by Crippen LogP contribution is -2.46. The number of fused-ring (bicyclic) bond motifs is 3. The molecule has 0 spiro atoms. The van der Waals surface area contributed by atoms with Crippen LogP contribution in [0.5, 0.6) is 0 Å². The van der Waals surface area contributed by atoms with Crippen molar-refractivity contribution in [3.8, 4) is 17.1 Å². The van der Waals surface area contributed by atoms with Gasteiger partial charge in [0.15, 0.2) is 5.82 Å².